The third-order valence-corrected chi connectivity index (χ3v) is 4.93. The molecule has 0 bridgehead atoms. The van der Waals surface area contributed by atoms with E-state index >= 15 is 0 Å². The minimum atomic E-state index is -0.978. The first kappa shape index (κ1) is 23.8. The molecule has 0 saturated carbocycles. The molecule has 0 aliphatic rings. The highest BCUT2D eigenvalue weighted by atomic mass is 19.2. The smallest absolute Gasteiger partial charge is 0.311 e. The summed E-state index contributed by atoms with van der Waals surface area (Å²) in [5, 5.41) is 0. The Morgan fingerprint density at radius 2 is 1.47 bits per heavy atom. The van der Waals surface area contributed by atoms with Crippen LogP contribution in [0, 0.1) is 11.6 Å². The molecular weight excluding hydrogens is 386 g/mol. The van der Waals surface area contributed by atoms with Crippen molar-refractivity contribution in [2.75, 3.05) is 6.61 Å². The van der Waals surface area contributed by atoms with E-state index in [0.29, 0.717) is 24.3 Å². The van der Waals surface area contributed by atoms with Gasteiger partial charge in [0.05, 0.1) is 6.61 Å². The summed E-state index contributed by atoms with van der Waals surface area (Å²) < 4.78 is 39.7. The van der Waals surface area contributed by atoms with Crippen molar-refractivity contribution < 1.29 is 23.0 Å². The fourth-order valence-electron chi connectivity index (χ4n) is 3.14. The van der Waals surface area contributed by atoms with Crippen LogP contribution in [-0.2, 0) is 4.79 Å². The summed E-state index contributed by atoms with van der Waals surface area (Å²) >= 11 is 0. The second kappa shape index (κ2) is 13.0. The van der Waals surface area contributed by atoms with Crippen LogP contribution in [0.3, 0.4) is 0 Å². The molecule has 0 saturated heterocycles. The second-order valence-corrected chi connectivity index (χ2v) is 7.46. The molecule has 0 aromatic heterocycles. The maximum atomic E-state index is 14.6. The number of ether oxygens (including phenoxy) is 2. The van der Waals surface area contributed by atoms with Crippen LogP contribution in [0.5, 0.6) is 11.5 Å². The van der Waals surface area contributed by atoms with Gasteiger partial charge < -0.3 is 9.47 Å². The van der Waals surface area contributed by atoms with Crippen LogP contribution >= 0.6 is 0 Å². The summed E-state index contributed by atoms with van der Waals surface area (Å²) in [7, 11) is 0. The molecule has 3 nitrogen and oxygen atoms in total. The Labute approximate surface area is 178 Å². The zero-order valence-corrected chi connectivity index (χ0v) is 18.0. The molecule has 2 aromatic carbocycles. The van der Waals surface area contributed by atoms with E-state index in [2.05, 4.69) is 6.92 Å². The third kappa shape index (κ3) is 7.43. The van der Waals surface area contributed by atoms with Crippen molar-refractivity contribution >= 4 is 5.97 Å². The number of esters is 1. The molecule has 0 amide bonds. The van der Waals surface area contributed by atoms with Crippen LogP contribution in [0.15, 0.2) is 36.4 Å². The van der Waals surface area contributed by atoms with Crippen LogP contribution in [0.1, 0.15) is 71.6 Å². The molecule has 30 heavy (non-hydrogen) atoms. The second-order valence-electron chi connectivity index (χ2n) is 7.46. The first-order valence-electron chi connectivity index (χ1n) is 11.0. The number of benzene rings is 2. The standard InChI is InChI=1S/C25H32F2O3/c1-3-5-7-8-9-10-18-29-22-17-16-21(24(26)25(22)27)19-12-14-20(15-13-19)30-23(28)11-6-4-2/h12-17H,3-11,18H2,1-2H3. The van der Waals surface area contributed by atoms with E-state index in [1.807, 2.05) is 6.92 Å². The zero-order chi connectivity index (χ0) is 21.8. The Morgan fingerprint density at radius 1 is 0.800 bits per heavy atom. The monoisotopic (exact) mass is 418 g/mol. The van der Waals surface area contributed by atoms with Crippen LogP contribution in [0.25, 0.3) is 11.1 Å². The van der Waals surface area contributed by atoms with Gasteiger partial charge in [-0.05, 0) is 42.7 Å². The number of carbonyl (C=O) groups is 1. The summed E-state index contributed by atoms with van der Waals surface area (Å²) in [5.74, 6) is -1.89. The minimum Gasteiger partial charge on any atom is -0.490 e. The lowest BCUT2D eigenvalue weighted by Crippen LogP contribution is -2.07. The Balaban J connectivity index is 1.93. The van der Waals surface area contributed by atoms with E-state index in [-0.39, 0.29) is 17.3 Å². The molecule has 0 unspecified atom stereocenters. The van der Waals surface area contributed by atoms with Crippen molar-refractivity contribution in [1.29, 1.82) is 0 Å². The molecular formula is C25H32F2O3. The van der Waals surface area contributed by atoms with Crippen molar-refractivity contribution in [3.05, 3.63) is 48.0 Å². The van der Waals surface area contributed by atoms with E-state index < -0.39 is 11.6 Å². The molecule has 5 heteroatoms. The number of rotatable bonds is 13. The molecule has 0 radical (unpaired) electrons. The fraction of sp³-hybridized carbons (Fsp3) is 0.480. The average molecular weight is 419 g/mol. The van der Waals surface area contributed by atoms with Gasteiger partial charge in [-0.15, -0.1) is 0 Å². The number of carbonyl (C=O) groups excluding carboxylic acids is 1. The van der Waals surface area contributed by atoms with Gasteiger partial charge >= 0.3 is 5.97 Å². The van der Waals surface area contributed by atoms with Gasteiger partial charge in [-0.1, -0.05) is 64.5 Å². The Hall–Kier alpha value is -2.43. The third-order valence-electron chi connectivity index (χ3n) is 4.93. The number of halogens is 2. The number of hydrogen-bond acceptors (Lipinski definition) is 3. The van der Waals surface area contributed by atoms with Crippen LogP contribution < -0.4 is 9.47 Å². The van der Waals surface area contributed by atoms with Gasteiger partial charge in [0, 0.05) is 12.0 Å². The molecule has 164 valence electrons. The highest BCUT2D eigenvalue weighted by Crippen LogP contribution is 2.31. The highest BCUT2D eigenvalue weighted by molar-refractivity contribution is 5.73. The van der Waals surface area contributed by atoms with E-state index in [9.17, 15) is 13.6 Å². The SMILES string of the molecule is CCCCCCCCOc1ccc(-c2ccc(OC(=O)CCCC)cc2)c(F)c1F. The molecule has 0 aliphatic heterocycles. The zero-order valence-electron chi connectivity index (χ0n) is 18.0. The Kier molecular flexibility index (Phi) is 10.3. The molecule has 0 heterocycles. The van der Waals surface area contributed by atoms with Crippen molar-refractivity contribution in [1.82, 2.24) is 0 Å². The first-order valence-corrected chi connectivity index (χ1v) is 11.0. The summed E-state index contributed by atoms with van der Waals surface area (Å²) in [6.45, 7) is 4.54. The van der Waals surface area contributed by atoms with Gasteiger partial charge in [-0.3, -0.25) is 4.79 Å². The van der Waals surface area contributed by atoms with Crippen molar-refractivity contribution in [3.8, 4) is 22.6 Å². The first-order chi connectivity index (χ1) is 14.6. The topological polar surface area (TPSA) is 35.5 Å². The van der Waals surface area contributed by atoms with Crippen molar-refractivity contribution in [3.63, 3.8) is 0 Å². The Morgan fingerprint density at radius 3 is 2.17 bits per heavy atom. The number of hydrogen-bond donors (Lipinski definition) is 0. The van der Waals surface area contributed by atoms with E-state index in [4.69, 9.17) is 9.47 Å². The van der Waals surface area contributed by atoms with Crippen LogP contribution in [-0.4, -0.2) is 12.6 Å². The van der Waals surface area contributed by atoms with Crippen molar-refractivity contribution in [2.45, 2.75) is 71.6 Å². The van der Waals surface area contributed by atoms with Gasteiger partial charge in [0.15, 0.2) is 11.6 Å². The van der Waals surface area contributed by atoms with Crippen molar-refractivity contribution in [2.24, 2.45) is 0 Å². The summed E-state index contributed by atoms with van der Waals surface area (Å²) in [6.07, 6.45) is 8.65. The van der Waals surface area contributed by atoms with Gasteiger partial charge in [0.1, 0.15) is 5.75 Å². The largest absolute Gasteiger partial charge is 0.490 e. The molecule has 2 aromatic rings. The maximum Gasteiger partial charge on any atom is 0.311 e. The van der Waals surface area contributed by atoms with E-state index in [1.165, 1.54) is 31.4 Å². The highest BCUT2D eigenvalue weighted by Gasteiger charge is 2.16. The van der Waals surface area contributed by atoms with Gasteiger partial charge in [-0.25, -0.2) is 4.39 Å². The lowest BCUT2D eigenvalue weighted by atomic mass is 10.0. The van der Waals surface area contributed by atoms with E-state index in [0.717, 1.165) is 32.1 Å². The predicted octanol–water partition coefficient (Wildman–Crippen LogP) is 7.47. The quantitative estimate of drug-likeness (QED) is 0.192. The maximum absolute atomic E-state index is 14.6. The predicted molar refractivity (Wildman–Crippen MR) is 116 cm³/mol. The number of unbranched alkanes of at least 4 members (excludes halogenated alkanes) is 6. The molecule has 2 rings (SSSR count). The molecule has 0 atom stereocenters. The minimum absolute atomic E-state index is 0.0636. The fourth-order valence-corrected chi connectivity index (χ4v) is 3.14. The summed E-state index contributed by atoms with van der Waals surface area (Å²) in [4.78, 5) is 11.7. The van der Waals surface area contributed by atoms with Crippen LogP contribution in [0.4, 0.5) is 8.78 Å². The molecule has 0 fully saturated rings. The normalized spacial score (nSPS) is 10.8. The molecule has 0 aliphatic carbocycles. The lowest BCUT2D eigenvalue weighted by Gasteiger charge is -2.11. The average Bonchev–Trinajstić information content (AvgIpc) is 2.75. The van der Waals surface area contributed by atoms with E-state index in [1.54, 1.807) is 24.3 Å². The molecule has 0 N–H and O–H groups in total. The summed E-state index contributed by atoms with van der Waals surface area (Å²) in [5.41, 5.74) is 0.644. The van der Waals surface area contributed by atoms with Gasteiger partial charge in [0.2, 0.25) is 5.82 Å². The Bertz CT molecular complexity index is 788. The van der Waals surface area contributed by atoms with Gasteiger partial charge in [-0.2, -0.15) is 4.39 Å². The molecule has 0 spiro atoms. The lowest BCUT2D eigenvalue weighted by molar-refractivity contribution is -0.134. The van der Waals surface area contributed by atoms with Gasteiger partial charge in [0.25, 0.3) is 0 Å². The van der Waals surface area contributed by atoms with Crippen LogP contribution in [0.2, 0.25) is 0 Å². The summed E-state index contributed by atoms with van der Waals surface area (Å²) in [6, 6.07) is 9.36.